The van der Waals surface area contributed by atoms with Crippen LogP contribution >= 0.6 is 0 Å². The molecule has 4 nitrogen and oxygen atoms in total. The predicted octanol–water partition coefficient (Wildman–Crippen LogP) is -0.352. The van der Waals surface area contributed by atoms with Crippen LogP contribution in [0.1, 0.15) is 0 Å². The van der Waals surface area contributed by atoms with Crippen LogP contribution in [0.4, 0.5) is 0 Å². The smallest absolute Gasteiger partial charge is 0.311 e. The minimum atomic E-state index is 0.537. The number of likely N-dealkylation sites (N-methyl/N-ethyl adjacent to an activating group) is 1. The van der Waals surface area contributed by atoms with Crippen molar-refractivity contribution in [2.24, 2.45) is 0 Å². The Morgan fingerprint density at radius 1 is 1.36 bits per heavy atom. The number of amides is 1. The van der Waals surface area contributed by atoms with Gasteiger partial charge in [0.2, 0.25) is 0 Å². The average molecular weight is 160 g/mol. The Morgan fingerprint density at radius 3 is 2.64 bits per heavy atom. The maximum absolute atomic E-state index is 9.95. The Balaban J connectivity index is 2.95. The molecule has 0 N–H and O–H groups in total. The highest BCUT2D eigenvalue weighted by Gasteiger charge is 1.93. The number of nitrogens with zero attached hydrogens (tertiary/aromatic N) is 1. The summed E-state index contributed by atoms with van der Waals surface area (Å²) < 4.78 is 9.86. The summed E-state index contributed by atoms with van der Waals surface area (Å²) in [6.45, 7) is 2.28. The molecule has 0 heterocycles. The van der Waals surface area contributed by atoms with E-state index in [4.69, 9.17) is 9.47 Å². The van der Waals surface area contributed by atoms with Crippen LogP contribution in [-0.4, -0.2) is 51.8 Å². The quantitative estimate of drug-likeness (QED) is 0.377. The summed E-state index contributed by atoms with van der Waals surface area (Å²) in [6.07, 6.45) is 1.73. The van der Waals surface area contributed by atoms with Crippen molar-refractivity contribution in [2.45, 2.75) is 0 Å². The number of rotatable bonds is 7. The van der Waals surface area contributed by atoms with Gasteiger partial charge in [-0.05, 0) is 0 Å². The van der Waals surface area contributed by atoms with E-state index < -0.39 is 0 Å². The van der Waals surface area contributed by atoms with E-state index in [1.807, 2.05) is 0 Å². The molecule has 0 aliphatic carbocycles. The minimum Gasteiger partial charge on any atom is -0.382 e. The highest BCUT2D eigenvalue weighted by molar-refractivity contribution is 5.47. The van der Waals surface area contributed by atoms with Crippen molar-refractivity contribution >= 4 is 6.41 Å². The van der Waals surface area contributed by atoms with Gasteiger partial charge in [-0.3, -0.25) is 4.79 Å². The van der Waals surface area contributed by atoms with E-state index in [0.29, 0.717) is 26.4 Å². The molecule has 0 aromatic carbocycles. The Kier molecular flexibility index (Phi) is 7.08. The molecular formula is C7H14NO3. The Hall–Kier alpha value is -0.610. The lowest BCUT2D eigenvalue weighted by Gasteiger charge is -2.08. The van der Waals surface area contributed by atoms with E-state index in [2.05, 4.69) is 0 Å². The van der Waals surface area contributed by atoms with Crippen molar-refractivity contribution < 1.29 is 14.3 Å². The van der Waals surface area contributed by atoms with Gasteiger partial charge in [0, 0.05) is 20.7 Å². The first-order chi connectivity index (χ1) is 5.31. The molecule has 0 rings (SSSR count). The molecule has 65 valence electrons. The summed E-state index contributed by atoms with van der Waals surface area (Å²) in [4.78, 5) is 11.4. The predicted molar refractivity (Wildman–Crippen MR) is 41.0 cm³/mol. The first kappa shape index (κ1) is 10.4. The van der Waals surface area contributed by atoms with E-state index >= 15 is 0 Å². The van der Waals surface area contributed by atoms with Gasteiger partial charge < -0.3 is 14.4 Å². The minimum absolute atomic E-state index is 0.537. The lowest BCUT2D eigenvalue weighted by atomic mass is 10.6. The summed E-state index contributed by atoms with van der Waals surface area (Å²) in [6, 6.07) is 0. The van der Waals surface area contributed by atoms with E-state index in [1.165, 1.54) is 4.90 Å². The maximum Gasteiger partial charge on any atom is 0.311 e. The summed E-state index contributed by atoms with van der Waals surface area (Å²) in [5.74, 6) is 0. The molecule has 0 aromatic rings. The van der Waals surface area contributed by atoms with E-state index in [9.17, 15) is 4.79 Å². The number of ether oxygens (including phenoxy) is 2. The summed E-state index contributed by atoms with van der Waals surface area (Å²) >= 11 is 0. The Bertz CT molecular complexity index is 97.7. The first-order valence-corrected chi connectivity index (χ1v) is 3.47. The molecule has 0 unspecified atom stereocenters. The van der Waals surface area contributed by atoms with Gasteiger partial charge in [0.05, 0.1) is 19.8 Å². The standard InChI is InChI=1S/C7H14NO3/c1-8(7-9)3-4-11-6-5-10-2/h3-6H2,1-2H3. The molecule has 0 aliphatic rings. The molecule has 0 bridgehead atoms. The molecule has 0 saturated carbocycles. The lowest BCUT2D eigenvalue weighted by Crippen LogP contribution is -2.21. The zero-order valence-corrected chi connectivity index (χ0v) is 7.00. The van der Waals surface area contributed by atoms with Crippen LogP contribution in [0.15, 0.2) is 0 Å². The molecule has 0 aliphatic heterocycles. The van der Waals surface area contributed by atoms with Gasteiger partial charge in [-0.15, -0.1) is 0 Å². The average Bonchev–Trinajstić information content (AvgIpc) is 2.04. The van der Waals surface area contributed by atoms with E-state index in [0.717, 1.165) is 0 Å². The maximum atomic E-state index is 9.95. The molecule has 1 amide bonds. The summed E-state index contributed by atoms with van der Waals surface area (Å²) in [5, 5.41) is 0. The SMILES string of the molecule is COCCOCCN(C)[C]=O. The zero-order valence-electron chi connectivity index (χ0n) is 7.00. The number of methoxy groups -OCH3 is 1. The van der Waals surface area contributed by atoms with Crippen molar-refractivity contribution in [1.82, 2.24) is 4.90 Å². The van der Waals surface area contributed by atoms with Crippen molar-refractivity contribution in [3.05, 3.63) is 0 Å². The van der Waals surface area contributed by atoms with Crippen molar-refractivity contribution in [1.29, 1.82) is 0 Å². The van der Waals surface area contributed by atoms with Crippen LogP contribution in [-0.2, 0) is 14.3 Å². The van der Waals surface area contributed by atoms with Gasteiger partial charge in [0.25, 0.3) is 0 Å². The second-order valence-electron chi connectivity index (χ2n) is 2.12. The van der Waals surface area contributed by atoms with Crippen molar-refractivity contribution in [3.8, 4) is 0 Å². The van der Waals surface area contributed by atoms with Crippen LogP contribution in [0.5, 0.6) is 0 Å². The van der Waals surface area contributed by atoms with Crippen LogP contribution in [0.2, 0.25) is 0 Å². The highest BCUT2D eigenvalue weighted by atomic mass is 16.5. The number of hydrogen-bond acceptors (Lipinski definition) is 3. The summed E-state index contributed by atoms with van der Waals surface area (Å²) in [5.41, 5.74) is 0. The molecule has 11 heavy (non-hydrogen) atoms. The normalized spacial score (nSPS) is 9.64. The van der Waals surface area contributed by atoms with Crippen LogP contribution in [0, 0.1) is 0 Å². The number of hydrogen-bond donors (Lipinski definition) is 0. The third-order valence-corrected chi connectivity index (χ3v) is 1.16. The third-order valence-electron chi connectivity index (χ3n) is 1.16. The van der Waals surface area contributed by atoms with Crippen molar-refractivity contribution in [3.63, 3.8) is 0 Å². The lowest BCUT2D eigenvalue weighted by molar-refractivity contribution is 0.0663. The second kappa shape index (κ2) is 7.50. The topological polar surface area (TPSA) is 38.8 Å². The molecule has 0 aromatic heterocycles. The Morgan fingerprint density at radius 2 is 2.09 bits per heavy atom. The molecule has 0 saturated heterocycles. The van der Waals surface area contributed by atoms with Crippen LogP contribution in [0.25, 0.3) is 0 Å². The molecule has 0 atom stereocenters. The monoisotopic (exact) mass is 160 g/mol. The second-order valence-corrected chi connectivity index (χ2v) is 2.12. The van der Waals surface area contributed by atoms with E-state index in [1.54, 1.807) is 20.6 Å². The first-order valence-electron chi connectivity index (χ1n) is 3.47. The van der Waals surface area contributed by atoms with Gasteiger partial charge in [-0.1, -0.05) is 0 Å². The third kappa shape index (κ3) is 7.29. The van der Waals surface area contributed by atoms with Crippen molar-refractivity contribution in [2.75, 3.05) is 40.5 Å². The van der Waals surface area contributed by atoms with Gasteiger partial charge in [-0.25, -0.2) is 0 Å². The largest absolute Gasteiger partial charge is 0.382 e. The fourth-order valence-corrected chi connectivity index (χ4v) is 0.491. The number of carbonyl (C=O) groups excluding carboxylic acids is 1. The highest BCUT2D eigenvalue weighted by Crippen LogP contribution is 1.79. The van der Waals surface area contributed by atoms with Gasteiger partial charge in [-0.2, -0.15) is 0 Å². The molecular weight excluding hydrogens is 146 g/mol. The summed E-state index contributed by atoms with van der Waals surface area (Å²) in [7, 11) is 3.28. The van der Waals surface area contributed by atoms with Crippen LogP contribution < -0.4 is 0 Å². The fourth-order valence-electron chi connectivity index (χ4n) is 0.491. The van der Waals surface area contributed by atoms with E-state index in [-0.39, 0.29) is 0 Å². The van der Waals surface area contributed by atoms with Gasteiger partial charge in [0.15, 0.2) is 0 Å². The van der Waals surface area contributed by atoms with Gasteiger partial charge in [0.1, 0.15) is 0 Å². The van der Waals surface area contributed by atoms with Gasteiger partial charge >= 0.3 is 6.41 Å². The Labute approximate surface area is 67.1 Å². The molecule has 1 radical (unpaired) electrons. The fraction of sp³-hybridized carbons (Fsp3) is 0.857. The van der Waals surface area contributed by atoms with Crippen LogP contribution in [0.3, 0.4) is 0 Å². The molecule has 0 spiro atoms. The zero-order chi connectivity index (χ0) is 8.53. The molecule has 4 heteroatoms. The molecule has 0 fully saturated rings.